The molecular weight excluding hydrogens is 479 g/mol. The van der Waals surface area contributed by atoms with E-state index in [1.54, 1.807) is 36.4 Å². The topological polar surface area (TPSA) is 75.9 Å². The summed E-state index contributed by atoms with van der Waals surface area (Å²) in [4.78, 5) is 17.4. The van der Waals surface area contributed by atoms with Crippen molar-refractivity contribution in [2.45, 2.75) is 11.3 Å². The average Bonchev–Trinajstić information content (AvgIpc) is 2.74. The van der Waals surface area contributed by atoms with E-state index < -0.39 is 10.0 Å². The van der Waals surface area contributed by atoms with Gasteiger partial charge in [-0.25, -0.2) is 4.99 Å². The molecule has 0 saturated heterocycles. The maximum Gasteiger partial charge on any atom is 0.282 e. The second-order valence-corrected chi connectivity index (χ2v) is 9.53. The number of halogens is 3. The lowest BCUT2D eigenvalue weighted by molar-refractivity contribution is 0.106. The molecule has 0 N–H and O–H groups in total. The van der Waals surface area contributed by atoms with Crippen LogP contribution in [-0.2, 0) is 10.0 Å². The third kappa shape index (κ3) is 4.57. The fraction of sp³-hybridized carbons (Fsp3) is 0.0455. The van der Waals surface area contributed by atoms with Crippen LogP contribution in [0.3, 0.4) is 0 Å². The highest BCUT2D eigenvalue weighted by molar-refractivity contribution is 7.90. The number of hydrogen-bond acceptors (Lipinski definition) is 4. The minimum absolute atomic E-state index is 0.00162. The van der Waals surface area contributed by atoms with Crippen molar-refractivity contribution < 1.29 is 13.2 Å². The van der Waals surface area contributed by atoms with E-state index in [-0.39, 0.29) is 28.5 Å². The zero-order valence-corrected chi connectivity index (χ0v) is 18.8. The number of ketones is 1. The van der Waals surface area contributed by atoms with Gasteiger partial charge < -0.3 is 0 Å². The fourth-order valence-corrected chi connectivity index (χ4v) is 4.57. The van der Waals surface area contributed by atoms with Gasteiger partial charge in [-0.3, -0.25) is 4.79 Å². The molecule has 0 amide bonds. The van der Waals surface area contributed by atoms with Crippen LogP contribution in [0.2, 0.25) is 15.1 Å². The van der Waals surface area contributed by atoms with Gasteiger partial charge in [0, 0.05) is 22.6 Å². The van der Waals surface area contributed by atoms with Crippen molar-refractivity contribution in [3.8, 4) is 0 Å². The number of hydrogen-bond donors (Lipinski definition) is 0. The molecule has 3 aromatic carbocycles. The molecule has 0 heterocycles. The summed E-state index contributed by atoms with van der Waals surface area (Å²) in [7, 11) is -4.02. The lowest BCUT2D eigenvalue weighted by atomic mass is 9.87. The van der Waals surface area contributed by atoms with Crippen molar-refractivity contribution in [3.63, 3.8) is 0 Å². The van der Waals surface area contributed by atoms with Crippen LogP contribution in [0.1, 0.15) is 22.3 Å². The van der Waals surface area contributed by atoms with Crippen molar-refractivity contribution in [1.29, 1.82) is 0 Å². The molecule has 0 saturated carbocycles. The van der Waals surface area contributed by atoms with E-state index in [0.29, 0.717) is 31.9 Å². The number of benzene rings is 3. The fourth-order valence-electron chi connectivity index (χ4n) is 3.11. The Hall–Kier alpha value is -2.51. The zero-order valence-electron chi connectivity index (χ0n) is 15.7. The first-order valence-electron chi connectivity index (χ1n) is 9.01. The van der Waals surface area contributed by atoms with Crippen LogP contribution in [0, 0.1) is 0 Å². The summed E-state index contributed by atoms with van der Waals surface area (Å²) in [6.45, 7) is 0. The van der Waals surface area contributed by atoms with Crippen molar-refractivity contribution in [3.05, 3.63) is 92.9 Å². The predicted molar refractivity (Wildman–Crippen MR) is 124 cm³/mol. The first-order chi connectivity index (χ1) is 14.7. The number of aliphatic imine (C=N–C) groups is 1. The molecule has 0 aromatic heterocycles. The van der Waals surface area contributed by atoms with Crippen LogP contribution in [0.4, 0.5) is 5.69 Å². The van der Waals surface area contributed by atoms with Gasteiger partial charge in [0.2, 0.25) is 5.78 Å². The maximum absolute atomic E-state index is 13.0. The Morgan fingerprint density at radius 1 is 0.774 bits per heavy atom. The Balaban J connectivity index is 1.82. The van der Waals surface area contributed by atoms with E-state index in [2.05, 4.69) is 9.39 Å². The number of Topliss-reactive ketones (excluding diaryl/α,β-unsaturated/α-hetero) is 1. The van der Waals surface area contributed by atoms with Crippen molar-refractivity contribution in [1.82, 2.24) is 0 Å². The van der Waals surface area contributed by atoms with Gasteiger partial charge in [-0.05, 0) is 42.5 Å². The Morgan fingerprint density at radius 3 is 2.13 bits per heavy atom. The van der Waals surface area contributed by atoms with Gasteiger partial charge in [-0.1, -0.05) is 59.1 Å². The largest absolute Gasteiger partial charge is 0.287 e. The van der Waals surface area contributed by atoms with Gasteiger partial charge >= 0.3 is 0 Å². The Morgan fingerprint density at radius 2 is 1.45 bits per heavy atom. The molecule has 0 unspecified atom stereocenters. The quantitative estimate of drug-likeness (QED) is 0.439. The van der Waals surface area contributed by atoms with Crippen LogP contribution < -0.4 is 0 Å². The normalized spacial score (nSPS) is 16.5. The Kier molecular flexibility index (Phi) is 5.99. The molecule has 31 heavy (non-hydrogen) atoms. The highest BCUT2D eigenvalue weighted by atomic mass is 35.5. The highest BCUT2D eigenvalue weighted by Crippen LogP contribution is 2.29. The number of fused-ring (bicyclic) bond motifs is 1. The van der Waals surface area contributed by atoms with Crippen LogP contribution in [0.5, 0.6) is 0 Å². The second kappa shape index (κ2) is 8.55. The number of carbonyl (C=O) groups excluding carboxylic acids is 1. The molecule has 4 rings (SSSR count). The molecule has 0 radical (unpaired) electrons. The second-order valence-electron chi connectivity index (χ2n) is 6.68. The van der Waals surface area contributed by atoms with Crippen molar-refractivity contribution >= 4 is 67.7 Å². The Bertz CT molecular complexity index is 1370. The summed E-state index contributed by atoms with van der Waals surface area (Å²) in [5.74, 6) is -0.301. The minimum Gasteiger partial charge on any atom is -0.287 e. The molecule has 156 valence electrons. The average molecular weight is 492 g/mol. The SMILES string of the molecule is O=C1C(=Nc2ccc(Cl)c(Cl)c2)CC(=NS(=O)(=O)c2ccc(Cl)cc2)c2ccccc21. The van der Waals surface area contributed by atoms with Gasteiger partial charge in [-0.2, -0.15) is 12.8 Å². The van der Waals surface area contributed by atoms with E-state index >= 15 is 0 Å². The van der Waals surface area contributed by atoms with Crippen LogP contribution >= 0.6 is 34.8 Å². The van der Waals surface area contributed by atoms with E-state index in [4.69, 9.17) is 34.8 Å². The monoisotopic (exact) mass is 490 g/mol. The smallest absolute Gasteiger partial charge is 0.282 e. The summed E-state index contributed by atoms with van der Waals surface area (Å²) in [6.07, 6.45) is -0.0527. The summed E-state index contributed by atoms with van der Waals surface area (Å²) < 4.78 is 29.8. The molecule has 0 bridgehead atoms. The minimum atomic E-state index is -4.02. The molecule has 0 aliphatic heterocycles. The van der Waals surface area contributed by atoms with Crippen molar-refractivity contribution in [2.24, 2.45) is 9.39 Å². The molecule has 9 heteroatoms. The molecule has 1 aliphatic carbocycles. The number of sulfonamides is 1. The highest BCUT2D eigenvalue weighted by Gasteiger charge is 2.29. The molecule has 0 spiro atoms. The first-order valence-corrected chi connectivity index (χ1v) is 11.6. The summed E-state index contributed by atoms with van der Waals surface area (Å²) in [5.41, 5.74) is 1.60. The molecule has 5 nitrogen and oxygen atoms in total. The van der Waals surface area contributed by atoms with Gasteiger partial charge in [0.25, 0.3) is 10.0 Å². The standard InChI is InChI=1S/C22H13Cl3N2O3S/c23-13-5-8-15(9-6-13)31(29,30)27-20-12-21(22(28)17-4-2-1-3-16(17)20)26-14-7-10-18(24)19(25)11-14/h1-11H,12H2. The molecular formula is C22H13Cl3N2O3S. The molecule has 0 atom stereocenters. The zero-order chi connectivity index (χ0) is 22.2. The van der Waals surface area contributed by atoms with Gasteiger partial charge in [-0.15, -0.1) is 0 Å². The third-order valence-electron chi connectivity index (χ3n) is 4.59. The number of carbonyl (C=O) groups is 1. The van der Waals surface area contributed by atoms with Crippen LogP contribution in [0.25, 0.3) is 0 Å². The summed E-state index contributed by atoms with van der Waals surface area (Å²) in [5, 5.41) is 1.07. The Labute approximate surface area is 194 Å². The van der Waals surface area contributed by atoms with Crippen LogP contribution in [-0.4, -0.2) is 25.6 Å². The van der Waals surface area contributed by atoms with Gasteiger partial charge in [0.05, 0.1) is 32.1 Å². The molecule has 1 aliphatic rings. The van der Waals surface area contributed by atoms with E-state index in [9.17, 15) is 13.2 Å². The van der Waals surface area contributed by atoms with E-state index in [1.165, 1.54) is 30.3 Å². The summed E-state index contributed by atoms with van der Waals surface area (Å²) >= 11 is 17.8. The van der Waals surface area contributed by atoms with Gasteiger partial charge in [0.1, 0.15) is 0 Å². The third-order valence-corrected chi connectivity index (χ3v) is 6.91. The molecule has 3 aromatic rings. The predicted octanol–water partition coefficient (Wildman–Crippen LogP) is 6.18. The number of nitrogens with zero attached hydrogens (tertiary/aromatic N) is 2. The maximum atomic E-state index is 13.0. The molecule has 0 fully saturated rings. The van der Waals surface area contributed by atoms with E-state index in [0.717, 1.165) is 0 Å². The first kappa shape index (κ1) is 21.7. The van der Waals surface area contributed by atoms with Crippen molar-refractivity contribution in [2.75, 3.05) is 0 Å². The lowest BCUT2D eigenvalue weighted by Crippen LogP contribution is -2.28. The van der Waals surface area contributed by atoms with Gasteiger partial charge in [0.15, 0.2) is 0 Å². The number of rotatable bonds is 3. The van der Waals surface area contributed by atoms with E-state index in [1.807, 2.05) is 0 Å². The lowest BCUT2D eigenvalue weighted by Gasteiger charge is -2.18. The summed E-state index contributed by atoms with van der Waals surface area (Å²) in [6, 6.07) is 17.1. The van der Waals surface area contributed by atoms with Crippen LogP contribution in [0.15, 0.2) is 81.0 Å².